The van der Waals surface area contributed by atoms with Crippen molar-refractivity contribution in [3.8, 4) is 0 Å². The lowest BCUT2D eigenvalue weighted by Gasteiger charge is -1.87. The molecule has 5 heteroatoms. The zero-order valence-electron chi connectivity index (χ0n) is 9.85. The van der Waals surface area contributed by atoms with Gasteiger partial charge in [-0.25, -0.2) is 0 Å². The predicted octanol–water partition coefficient (Wildman–Crippen LogP) is 3.70. The molecule has 19 heavy (non-hydrogen) atoms. The summed E-state index contributed by atoms with van der Waals surface area (Å²) in [5, 5.41) is 0. The second-order valence-corrected chi connectivity index (χ2v) is 5.17. The molecule has 0 atom stereocenters. The molecule has 0 unspecified atom stereocenters. The number of carbonyl (C=O) groups excluding carboxylic acids is 2. The molecule has 0 aliphatic heterocycles. The van der Waals surface area contributed by atoms with Crippen molar-refractivity contribution in [2.45, 2.75) is 0 Å². The number of aldehydes is 2. The third-order valence-corrected chi connectivity index (χ3v) is 3.07. The van der Waals surface area contributed by atoms with Crippen LogP contribution in [-0.4, -0.2) is 18.0 Å². The van der Waals surface area contributed by atoms with E-state index in [9.17, 15) is 9.59 Å². The summed E-state index contributed by atoms with van der Waals surface area (Å²) in [4.78, 5) is 20.2. The topological polar surface area (TPSA) is 65.6 Å². The first kappa shape index (κ1) is 17.7. The molecule has 100 valence electrons. The fourth-order valence-corrected chi connectivity index (χ4v) is 1.61. The third-order valence-electron chi connectivity index (χ3n) is 2.01. The van der Waals surface area contributed by atoms with Crippen LogP contribution < -0.4 is 0 Å². The lowest BCUT2D eigenvalue weighted by molar-refractivity contribution is 0.111. The Morgan fingerprint density at radius 2 is 0.895 bits per heavy atom. The van der Waals surface area contributed by atoms with Crippen molar-refractivity contribution in [1.29, 1.82) is 0 Å². The Bertz CT molecular complexity index is 458. The summed E-state index contributed by atoms with van der Waals surface area (Å²) in [5.41, 5.74) is 1.41. The largest absolute Gasteiger partial charge is 0.412 e. The Kier molecular flexibility index (Phi) is 8.95. The lowest BCUT2D eigenvalue weighted by Crippen LogP contribution is -1.75. The van der Waals surface area contributed by atoms with E-state index in [1.54, 1.807) is 24.3 Å². The van der Waals surface area contributed by atoms with Gasteiger partial charge in [0, 0.05) is 20.1 Å². The predicted molar refractivity (Wildman–Crippen MR) is 82.7 cm³/mol. The highest BCUT2D eigenvalue weighted by Crippen LogP contribution is 2.09. The molecule has 0 saturated carbocycles. The molecule has 0 aliphatic rings. The van der Waals surface area contributed by atoms with Crippen molar-refractivity contribution in [1.82, 2.24) is 0 Å². The van der Waals surface area contributed by atoms with Crippen LogP contribution in [0.4, 0.5) is 0 Å². The average molecular weight is 388 g/mol. The van der Waals surface area contributed by atoms with Crippen LogP contribution >= 0.6 is 31.9 Å². The summed E-state index contributed by atoms with van der Waals surface area (Å²) in [6, 6.07) is 14.4. The van der Waals surface area contributed by atoms with Gasteiger partial charge in [-0.1, -0.05) is 56.1 Å². The fourth-order valence-electron chi connectivity index (χ4n) is 1.08. The quantitative estimate of drug-likeness (QED) is 0.737. The normalized spacial score (nSPS) is 8.53. The van der Waals surface area contributed by atoms with E-state index < -0.39 is 0 Å². The van der Waals surface area contributed by atoms with Crippen LogP contribution in [0.2, 0.25) is 0 Å². The molecule has 3 nitrogen and oxygen atoms in total. The summed E-state index contributed by atoms with van der Waals surface area (Å²) >= 11 is 6.52. The molecular formula is C14H12Br2O3. The average Bonchev–Trinajstić information content (AvgIpc) is 2.41. The molecule has 2 N–H and O–H groups in total. The maximum Gasteiger partial charge on any atom is 0.150 e. The smallest absolute Gasteiger partial charge is 0.150 e. The van der Waals surface area contributed by atoms with E-state index in [0.29, 0.717) is 11.1 Å². The Morgan fingerprint density at radius 1 is 0.632 bits per heavy atom. The Balaban J connectivity index is 0.000000324. The second-order valence-electron chi connectivity index (χ2n) is 3.34. The van der Waals surface area contributed by atoms with Crippen molar-refractivity contribution < 1.29 is 15.1 Å². The van der Waals surface area contributed by atoms with Crippen molar-refractivity contribution in [3.63, 3.8) is 0 Å². The maximum absolute atomic E-state index is 10.1. The SMILES string of the molecule is O.O=Cc1ccc(Br)cc1.O=Cc1ccc(Br)cc1. The first-order chi connectivity index (χ1) is 8.65. The minimum Gasteiger partial charge on any atom is -0.412 e. The Hall–Kier alpha value is -1.30. The number of carbonyl (C=O) groups is 2. The van der Waals surface area contributed by atoms with E-state index in [-0.39, 0.29) is 5.48 Å². The van der Waals surface area contributed by atoms with Gasteiger partial charge in [-0.3, -0.25) is 9.59 Å². The van der Waals surface area contributed by atoms with Gasteiger partial charge in [0.05, 0.1) is 0 Å². The van der Waals surface area contributed by atoms with Crippen molar-refractivity contribution in [3.05, 3.63) is 68.6 Å². The number of halogens is 2. The molecule has 0 aromatic heterocycles. The molecule has 0 aliphatic carbocycles. The van der Waals surface area contributed by atoms with Gasteiger partial charge < -0.3 is 5.48 Å². The summed E-state index contributed by atoms with van der Waals surface area (Å²) in [6.07, 6.45) is 1.65. The number of rotatable bonds is 2. The third kappa shape index (κ3) is 7.00. The molecule has 0 amide bonds. The van der Waals surface area contributed by atoms with E-state index in [1.165, 1.54) is 0 Å². The summed E-state index contributed by atoms with van der Waals surface area (Å²) in [5.74, 6) is 0. The van der Waals surface area contributed by atoms with E-state index in [0.717, 1.165) is 21.5 Å². The molecule has 0 heterocycles. The summed E-state index contributed by atoms with van der Waals surface area (Å²) in [6.45, 7) is 0. The van der Waals surface area contributed by atoms with Gasteiger partial charge in [0.15, 0.2) is 0 Å². The summed E-state index contributed by atoms with van der Waals surface area (Å²) in [7, 11) is 0. The van der Waals surface area contributed by atoms with Crippen LogP contribution in [0.1, 0.15) is 20.7 Å². The van der Waals surface area contributed by atoms with Crippen molar-refractivity contribution >= 4 is 44.4 Å². The molecule has 2 aromatic carbocycles. The van der Waals surface area contributed by atoms with Crippen molar-refractivity contribution in [2.75, 3.05) is 0 Å². The molecule has 0 radical (unpaired) electrons. The van der Waals surface area contributed by atoms with Crippen LogP contribution in [0.3, 0.4) is 0 Å². The molecule has 0 saturated heterocycles. The number of benzene rings is 2. The van der Waals surface area contributed by atoms with Gasteiger partial charge >= 0.3 is 0 Å². The van der Waals surface area contributed by atoms with Crippen LogP contribution in [0.5, 0.6) is 0 Å². The number of hydrogen-bond donors (Lipinski definition) is 0. The highest BCUT2D eigenvalue weighted by atomic mass is 79.9. The minimum absolute atomic E-state index is 0. The van der Waals surface area contributed by atoms with Crippen LogP contribution in [0, 0.1) is 0 Å². The molecule has 0 fully saturated rings. The Labute approximate surface area is 128 Å². The van der Waals surface area contributed by atoms with Gasteiger partial charge in [-0.2, -0.15) is 0 Å². The summed E-state index contributed by atoms with van der Waals surface area (Å²) < 4.78 is 1.99. The molecule has 0 spiro atoms. The number of hydrogen-bond acceptors (Lipinski definition) is 2. The van der Waals surface area contributed by atoms with Gasteiger partial charge in [0.25, 0.3) is 0 Å². The minimum atomic E-state index is 0. The van der Waals surface area contributed by atoms with Gasteiger partial charge in [-0.05, 0) is 24.3 Å². The monoisotopic (exact) mass is 386 g/mol. The maximum atomic E-state index is 10.1. The molecule has 2 aromatic rings. The lowest BCUT2D eigenvalue weighted by atomic mass is 10.2. The first-order valence-corrected chi connectivity index (χ1v) is 6.66. The first-order valence-electron chi connectivity index (χ1n) is 5.07. The highest BCUT2D eigenvalue weighted by molar-refractivity contribution is 9.10. The van der Waals surface area contributed by atoms with Crippen LogP contribution in [-0.2, 0) is 0 Å². The fraction of sp³-hybridized carbons (Fsp3) is 0. The zero-order chi connectivity index (χ0) is 13.4. The molecular weight excluding hydrogens is 376 g/mol. The van der Waals surface area contributed by atoms with E-state index in [1.807, 2.05) is 24.3 Å². The van der Waals surface area contributed by atoms with E-state index in [2.05, 4.69) is 31.9 Å². The highest BCUT2D eigenvalue weighted by Gasteiger charge is 1.87. The van der Waals surface area contributed by atoms with Gasteiger partial charge in [0.2, 0.25) is 0 Å². The Morgan fingerprint density at radius 3 is 1.11 bits per heavy atom. The van der Waals surface area contributed by atoms with E-state index >= 15 is 0 Å². The van der Waals surface area contributed by atoms with Crippen LogP contribution in [0.15, 0.2) is 57.5 Å². The molecule has 2 rings (SSSR count). The van der Waals surface area contributed by atoms with Crippen molar-refractivity contribution in [2.24, 2.45) is 0 Å². The molecule has 0 bridgehead atoms. The zero-order valence-corrected chi connectivity index (χ0v) is 13.0. The standard InChI is InChI=1S/2C7H5BrO.H2O/c2*8-7-3-1-6(5-9)2-4-7;/h2*1-5H;1H2. The van der Waals surface area contributed by atoms with E-state index in [4.69, 9.17) is 0 Å². The second kappa shape index (κ2) is 9.61. The van der Waals surface area contributed by atoms with Gasteiger partial charge in [0.1, 0.15) is 12.6 Å². The van der Waals surface area contributed by atoms with Crippen LogP contribution in [0.25, 0.3) is 0 Å². The van der Waals surface area contributed by atoms with Gasteiger partial charge in [-0.15, -0.1) is 0 Å².